The van der Waals surface area contributed by atoms with Gasteiger partial charge in [0.25, 0.3) is 11.8 Å². The normalized spacial score (nSPS) is 11.1. The van der Waals surface area contributed by atoms with Crippen LogP contribution in [0.5, 0.6) is 5.75 Å². The number of hydrogen-bond acceptors (Lipinski definition) is 4. The summed E-state index contributed by atoms with van der Waals surface area (Å²) in [6, 6.07) is 12.7. The Labute approximate surface area is 167 Å². The van der Waals surface area contributed by atoms with Crippen LogP contribution < -0.4 is 15.8 Å². The van der Waals surface area contributed by atoms with Crippen molar-refractivity contribution in [2.75, 3.05) is 5.32 Å². The third-order valence-electron chi connectivity index (χ3n) is 3.75. The van der Waals surface area contributed by atoms with Crippen molar-refractivity contribution in [3.8, 4) is 5.75 Å². The highest BCUT2D eigenvalue weighted by Gasteiger charge is 2.13. The number of nitrogens with zero attached hydrogens (tertiary/aromatic N) is 1. The number of carbonyl (C=O) groups excluding carboxylic acids is 3. The average Bonchev–Trinajstić information content (AvgIpc) is 2.67. The van der Waals surface area contributed by atoms with Gasteiger partial charge in [0, 0.05) is 11.6 Å². The van der Waals surface area contributed by atoms with E-state index in [1.807, 2.05) is 0 Å². The van der Waals surface area contributed by atoms with Gasteiger partial charge in [0.2, 0.25) is 6.41 Å². The molecule has 3 N–H and O–H groups in total. The van der Waals surface area contributed by atoms with Crippen molar-refractivity contribution in [3.05, 3.63) is 71.1 Å². The molecule has 28 heavy (non-hydrogen) atoms. The molecule has 0 atom stereocenters. The molecule has 0 spiro atoms. The number of halogens is 1. The van der Waals surface area contributed by atoms with Crippen LogP contribution in [-0.4, -0.2) is 29.2 Å². The highest BCUT2D eigenvalue weighted by atomic mass is 35.5. The highest BCUT2D eigenvalue weighted by Crippen LogP contribution is 2.19. The van der Waals surface area contributed by atoms with E-state index in [9.17, 15) is 14.4 Å². The number of rotatable bonds is 8. The van der Waals surface area contributed by atoms with Gasteiger partial charge < -0.3 is 20.7 Å². The van der Waals surface area contributed by atoms with E-state index in [1.165, 1.54) is 23.3 Å². The van der Waals surface area contributed by atoms with Gasteiger partial charge in [-0.15, -0.1) is 0 Å². The van der Waals surface area contributed by atoms with Crippen molar-refractivity contribution < 1.29 is 19.1 Å². The molecule has 146 valence electrons. The van der Waals surface area contributed by atoms with Crippen LogP contribution in [0.1, 0.15) is 34.6 Å². The van der Waals surface area contributed by atoms with Crippen LogP contribution >= 0.6 is 11.6 Å². The number of hydrogen-bond donors (Lipinski definition) is 2. The number of amides is 3. The Balaban J connectivity index is 2.16. The van der Waals surface area contributed by atoms with Crippen molar-refractivity contribution in [3.63, 3.8) is 0 Å². The zero-order valence-electron chi connectivity index (χ0n) is 15.4. The molecular formula is C20H20ClN3O4. The standard InChI is InChI=1S/C20H20ClN3O4/c1-13(2)24(12-25)18(21)11-28-15-7-5-6-14(10-15)20(27)23-17-9-4-3-8-16(17)19(22)26/h3-13H,1-2H3,(H2,22,26)(H,23,27)/b18-11+. The number of ether oxygens (including phenoxy) is 1. The number of para-hydroxylation sites is 1. The zero-order chi connectivity index (χ0) is 20.7. The Bertz CT molecular complexity index is 912. The van der Waals surface area contributed by atoms with Gasteiger partial charge in [0.05, 0.1) is 11.3 Å². The second-order valence-electron chi connectivity index (χ2n) is 6.06. The molecule has 2 aromatic carbocycles. The van der Waals surface area contributed by atoms with Crippen molar-refractivity contribution in [1.82, 2.24) is 4.90 Å². The first-order valence-corrected chi connectivity index (χ1v) is 8.77. The minimum absolute atomic E-state index is 0.107. The lowest BCUT2D eigenvalue weighted by Gasteiger charge is -2.20. The first-order chi connectivity index (χ1) is 13.3. The Morgan fingerprint density at radius 3 is 2.54 bits per heavy atom. The van der Waals surface area contributed by atoms with Crippen molar-refractivity contribution >= 4 is 35.5 Å². The van der Waals surface area contributed by atoms with Crippen LogP contribution in [0.15, 0.2) is 59.9 Å². The number of primary amides is 1. The maximum absolute atomic E-state index is 12.5. The minimum Gasteiger partial charge on any atom is -0.462 e. The number of benzene rings is 2. The Kier molecular flexibility index (Phi) is 7.17. The lowest BCUT2D eigenvalue weighted by atomic mass is 10.1. The van der Waals surface area contributed by atoms with E-state index < -0.39 is 11.8 Å². The monoisotopic (exact) mass is 401 g/mol. The van der Waals surface area contributed by atoms with E-state index in [4.69, 9.17) is 22.1 Å². The summed E-state index contributed by atoms with van der Waals surface area (Å²) in [6.07, 6.45) is 1.82. The summed E-state index contributed by atoms with van der Waals surface area (Å²) in [4.78, 5) is 36.3. The molecule has 0 aliphatic carbocycles. The lowest BCUT2D eigenvalue weighted by molar-refractivity contribution is -0.117. The quantitative estimate of drug-likeness (QED) is 0.402. The third-order valence-corrected chi connectivity index (χ3v) is 4.03. The molecule has 0 radical (unpaired) electrons. The van der Waals surface area contributed by atoms with Crippen LogP contribution in [0, 0.1) is 0 Å². The first kappa shape index (κ1) is 21.0. The van der Waals surface area contributed by atoms with Crippen molar-refractivity contribution in [1.29, 1.82) is 0 Å². The van der Waals surface area contributed by atoms with Crippen LogP contribution in [0.4, 0.5) is 5.69 Å². The summed E-state index contributed by atoms with van der Waals surface area (Å²) in [5.41, 5.74) is 6.14. The van der Waals surface area contributed by atoms with Gasteiger partial charge >= 0.3 is 0 Å². The van der Waals surface area contributed by atoms with E-state index in [-0.39, 0.29) is 16.8 Å². The molecule has 0 fully saturated rings. The summed E-state index contributed by atoms with van der Waals surface area (Å²) in [5.74, 6) is -0.729. The van der Waals surface area contributed by atoms with Crippen LogP contribution in [0.2, 0.25) is 0 Å². The maximum Gasteiger partial charge on any atom is 0.255 e. The minimum atomic E-state index is -0.641. The van der Waals surface area contributed by atoms with E-state index in [0.717, 1.165) is 0 Å². The molecule has 0 saturated heterocycles. The molecule has 0 bridgehead atoms. The Hall–Kier alpha value is -3.32. The van der Waals surface area contributed by atoms with Crippen molar-refractivity contribution in [2.24, 2.45) is 5.73 Å². The number of nitrogens with one attached hydrogen (secondary N) is 1. The summed E-state index contributed by atoms with van der Waals surface area (Å²) in [5, 5.41) is 2.76. The highest BCUT2D eigenvalue weighted by molar-refractivity contribution is 6.29. The molecule has 0 aliphatic rings. The fourth-order valence-electron chi connectivity index (χ4n) is 2.31. The van der Waals surface area contributed by atoms with E-state index >= 15 is 0 Å². The predicted octanol–water partition coefficient (Wildman–Crippen LogP) is 3.32. The molecule has 3 amide bonds. The van der Waals surface area contributed by atoms with Gasteiger partial charge in [-0.3, -0.25) is 14.4 Å². The van der Waals surface area contributed by atoms with E-state index in [1.54, 1.807) is 50.2 Å². The fraction of sp³-hybridized carbons (Fsp3) is 0.150. The molecule has 2 aromatic rings. The molecule has 7 nitrogen and oxygen atoms in total. The zero-order valence-corrected chi connectivity index (χ0v) is 16.1. The molecule has 2 rings (SSSR count). The van der Waals surface area contributed by atoms with Crippen LogP contribution in [-0.2, 0) is 4.79 Å². The Morgan fingerprint density at radius 2 is 1.89 bits per heavy atom. The molecule has 8 heteroatoms. The van der Waals surface area contributed by atoms with Gasteiger partial charge in [-0.05, 0) is 44.2 Å². The second kappa shape index (κ2) is 9.57. The lowest BCUT2D eigenvalue weighted by Crippen LogP contribution is -2.26. The van der Waals surface area contributed by atoms with Crippen LogP contribution in [0.3, 0.4) is 0 Å². The summed E-state index contributed by atoms with van der Waals surface area (Å²) >= 11 is 6.06. The van der Waals surface area contributed by atoms with Gasteiger partial charge in [-0.25, -0.2) is 0 Å². The average molecular weight is 402 g/mol. The van der Waals surface area contributed by atoms with Gasteiger partial charge in [-0.2, -0.15) is 0 Å². The van der Waals surface area contributed by atoms with Gasteiger partial charge in [-0.1, -0.05) is 29.8 Å². The smallest absolute Gasteiger partial charge is 0.255 e. The first-order valence-electron chi connectivity index (χ1n) is 8.39. The number of carbonyl (C=O) groups is 3. The maximum atomic E-state index is 12.5. The second-order valence-corrected chi connectivity index (χ2v) is 6.44. The molecular weight excluding hydrogens is 382 g/mol. The Morgan fingerprint density at radius 1 is 1.18 bits per heavy atom. The van der Waals surface area contributed by atoms with Crippen LogP contribution in [0.25, 0.3) is 0 Å². The van der Waals surface area contributed by atoms with Gasteiger partial charge in [0.1, 0.15) is 17.2 Å². The van der Waals surface area contributed by atoms with Gasteiger partial charge in [0.15, 0.2) is 0 Å². The molecule has 0 unspecified atom stereocenters. The SMILES string of the molecule is CC(C)N(C=O)/C(Cl)=C/Oc1cccc(C(=O)Nc2ccccc2C(N)=O)c1. The molecule has 0 aromatic heterocycles. The number of nitrogens with two attached hydrogens (primary N) is 1. The topological polar surface area (TPSA) is 102 Å². The summed E-state index contributed by atoms with van der Waals surface area (Å²) in [6.45, 7) is 3.61. The fourth-order valence-corrected chi connectivity index (χ4v) is 2.59. The third kappa shape index (κ3) is 5.34. The molecule has 0 aliphatic heterocycles. The molecule has 0 saturated carbocycles. The molecule has 0 heterocycles. The predicted molar refractivity (Wildman–Crippen MR) is 107 cm³/mol. The summed E-state index contributed by atoms with van der Waals surface area (Å²) < 4.78 is 5.46. The van der Waals surface area contributed by atoms with E-state index in [0.29, 0.717) is 23.4 Å². The number of anilines is 1. The van der Waals surface area contributed by atoms with E-state index in [2.05, 4.69) is 5.32 Å². The summed E-state index contributed by atoms with van der Waals surface area (Å²) in [7, 11) is 0. The largest absolute Gasteiger partial charge is 0.462 e. The van der Waals surface area contributed by atoms with Crippen molar-refractivity contribution in [2.45, 2.75) is 19.9 Å².